The van der Waals surface area contributed by atoms with E-state index < -0.39 is 0 Å². The summed E-state index contributed by atoms with van der Waals surface area (Å²) in [7, 11) is 0. The summed E-state index contributed by atoms with van der Waals surface area (Å²) < 4.78 is 0. The zero-order valence-electron chi connectivity index (χ0n) is 31.4. The van der Waals surface area contributed by atoms with Crippen LogP contribution in [0.15, 0.2) is 200 Å². The number of hydrogen-bond acceptors (Lipinski definition) is 2. The Morgan fingerprint density at radius 1 is 0.281 bits per heavy atom. The second-order valence-electron chi connectivity index (χ2n) is 15.1. The van der Waals surface area contributed by atoms with Crippen LogP contribution in [-0.2, 0) is 0 Å². The van der Waals surface area contributed by atoms with Gasteiger partial charge in [-0.25, -0.2) is 0 Å². The maximum absolute atomic E-state index is 4.55. The Hall–Kier alpha value is -7.42. The normalized spacial score (nSPS) is 11.6. The molecule has 0 aliphatic rings. The smallest absolute Gasteiger partial charge is 0.0930 e. The molecule has 0 spiro atoms. The van der Waals surface area contributed by atoms with Gasteiger partial charge in [0.15, 0.2) is 0 Å². The average Bonchev–Trinajstić information content (AvgIpc) is 3.28. The van der Waals surface area contributed by atoms with Crippen LogP contribution in [0.3, 0.4) is 0 Å². The molecule has 2 heteroatoms. The fraction of sp³-hybridized carbons (Fsp3) is 0.0182. The summed E-state index contributed by atoms with van der Waals surface area (Å²) in [6.07, 6.45) is 0. The van der Waals surface area contributed by atoms with E-state index in [4.69, 9.17) is 0 Å². The van der Waals surface area contributed by atoms with Crippen LogP contribution >= 0.6 is 0 Å². The fourth-order valence-electron chi connectivity index (χ4n) is 8.77. The largest absolute Gasteiger partial charge is 0.150 e. The molecular weight excluding hydrogens is 689 g/mol. The minimum Gasteiger partial charge on any atom is -0.150 e. The van der Waals surface area contributed by atoms with Crippen molar-refractivity contribution in [2.24, 2.45) is 0 Å². The van der Waals surface area contributed by atoms with Gasteiger partial charge in [-0.1, -0.05) is 170 Å². The molecule has 57 heavy (non-hydrogen) atoms. The highest BCUT2D eigenvalue weighted by molar-refractivity contribution is 6.21. The van der Waals surface area contributed by atoms with E-state index in [1.165, 1.54) is 92.8 Å². The lowest BCUT2D eigenvalue weighted by atomic mass is 9.88. The van der Waals surface area contributed by atoms with E-state index in [9.17, 15) is 0 Å². The van der Waals surface area contributed by atoms with Gasteiger partial charge in [-0.2, -0.15) is 0 Å². The zero-order valence-corrected chi connectivity index (χ0v) is 31.4. The lowest BCUT2D eigenvalue weighted by Gasteiger charge is -2.16. The Balaban J connectivity index is 0.909. The fourth-order valence-corrected chi connectivity index (χ4v) is 8.77. The Morgan fingerprint density at radius 3 is 1.42 bits per heavy atom. The van der Waals surface area contributed by atoms with E-state index in [0.29, 0.717) is 0 Å². The number of nitrogens with zero attached hydrogens (tertiary/aromatic N) is 2. The highest BCUT2D eigenvalue weighted by Crippen LogP contribution is 2.42. The Bertz CT molecular complexity index is 3330. The van der Waals surface area contributed by atoms with Crippen molar-refractivity contribution in [3.63, 3.8) is 0 Å². The maximum Gasteiger partial charge on any atom is 0.0930 e. The standard InChI is InChI=1S/C55H36N2/c1-35-8-5-11-39-20-21-41-13-7-15-50(55(41)53(35)39)49-14-6-12-40-22-26-46-33-43(28-29-48(46)54(40)49)37-18-16-36(17-19-37)42-23-24-45-34-47(27-25-44(45)32-42)52-31-30-51(56-57-52)38-9-3-2-4-10-38/h2-34H,1H3. The molecule has 0 aliphatic carbocycles. The number of aryl methyl sites for hydroxylation is 1. The third-order valence-electron chi connectivity index (χ3n) is 11.7. The number of hydrogen-bond donors (Lipinski definition) is 0. The predicted molar refractivity (Wildman–Crippen MR) is 241 cm³/mol. The van der Waals surface area contributed by atoms with Gasteiger partial charge in [-0.3, -0.25) is 0 Å². The molecule has 0 saturated heterocycles. The molecule has 1 aromatic heterocycles. The first-order chi connectivity index (χ1) is 28.1. The van der Waals surface area contributed by atoms with Gasteiger partial charge in [0.05, 0.1) is 11.4 Å². The zero-order chi connectivity index (χ0) is 37.9. The molecule has 266 valence electrons. The van der Waals surface area contributed by atoms with Crippen LogP contribution in [0.5, 0.6) is 0 Å². The third kappa shape index (κ3) is 5.73. The Morgan fingerprint density at radius 2 is 0.754 bits per heavy atom. The van der Waals surface area contributed by atoms with Crippen molar-refractivity contribution in [1.29, 1.82) is 0 Å². The highest BCUT2D eigenvalue weighted by Gasteiger charge is 2.15. The maximum atomic E-state index is 4.55. The summed E-state index contributed by atoms with van der Waals surface area (Å²) in [4.78, 5) is 0. The van der Waals surface area contributed by atoms with Crippen LogP contribution in [0.4, 0.5) is 0 Å². The van der Waals surface area contributed by atoms with Gasteiger partial charge in [0, 0.05) is 11.1 Å². The topological polar surface area (TPSA) is 25.8 Å². The van der Waals surface area contributed by atoms with Crippen LogP contribution in [0.1, 0.15) is 5.56 Å². The van der Waals surface area contributed by atoms with Crippen molar-refractivity contribution in [3.8, 4) is 55.9 Å². The van der Waals surface area contributed by atoms with Crippen LogP contribution in [-0.4, -0.2) is 10.2 Å². The van der Waals surface area contributed by atoms with Gasteiger partial charge in [-0.05, 0) is 130 Å². The second-order valence-corrected chi connectivity index (χ2v) is 15.1. The lowest BCUT2D eigenvalue weighted by Crippen LogP contribution is -1.91. The van der Waals surface area contributed by atoms with Crippen LogP contribution in [0, 0.1) is 6.92 Å². The molecule has 11 aromatic rings. The van der Waals surface area contributed by atoms with Gasteiger partial charge < -0.3 is 0 Å². The molecule has 0 atom stereocenters. The summed E-state index contributed by atoms with van der Waals surface area (Å²) in [6, 6.07) is 72.5. The number of rotatable bonds is 5. The number of benzene rings is 10. The summed E-state index contributed by atoms with van der Waals surface area (Å²) in [6.45, 7) is 2.23. The molecule has 0 fully saturated rings. The minimum absolute atomic E-state index is 0.868. The minimum atomic E-state index is 0.868. The third-order valence-corrected chi connectivity index (χ3v) is 11.7. The van der Waals surface area contributed by atoms with E-state index >= 15 is 0 Å². The van der Waals surface area contributed by atoms with Crippen molar-refractivity contribution in [2.45, 2.75) is 6.92 Å². The Kier molecular flexibility index (Phi) is 7.75. The molecule has 0 aliphatic heterocycles. The molecule has 0 bridgehead atoms. The molecule has 10 aromatic carbocycles. The highest BCUT2D eigenvalue weighted by atomic mass is 15.1. The summed E-state index contributed by atoms with van der Waals surface area (Å²) in [5.74, 6) is 0. The van der Waals surface area contributed by atoms with E-state index in [1.807, 2.05) is 24.3 Å². The van der Waals surface area contributed by atoms with Gasteiger partial charge >= 0.3 is 0 Å². The lowest BCUT2D eigenvalue weighted by molar-refractivity contribution is 1.04. The van der Waals surface area contributed by atoms with Crippen molar-refractivity contribution in [3.05, 3.63) is 206 Å². The monoisotopic (exact) mass is 724 g/mol. The SMILES string of the molecule is Cc1cccc2ccc3cccc(-c4cccc5ccc6cc(-c7ccc(-c8ccc9cc(-c%10ccc(-c%11ccccc%11)nn%10)ccc9c8)cc7)ccc6c45)c3c12. The van der Waals surface area contributed by atoms with Crippen LogP contribution in [0.2, 0.25) is 0 Å². The molecule has 11 rings (SSSR count). The van der Waals surface area contributed by atoms with Crippen molar-refractivity contribution < 1.29 is 0 Å². The summed E-state index contributed by atoms with van der Waals surface area (Å²) >= 11 is 0. The molecule has 0 N–H and O–H groups in total. The Labute approximate surface area is 331 Å². The molecule has 0 radical (unpaired) electrons. The summed E-state index contributed by atoms with van der Waals surface area (Å²) in [5, 5.41) is 21.7. The average molecular weight is 725 g/mol. The molecule has 0 saturated carbocycles. The van der Waals surface area contributed by atoms with Crippen LogP contribution < -0.4 is 0 Å². The first-order valence-corrected chi connectivity index (χ1v) is 19.6. The quantitative estimate of drug-likeness (QED) is 0.165. The number of fused-ring (bicyclic) bond motifs is 7. The van der Waals surface area contributed by atoms with Gasteiger partial charge in [0.1, 0.15) is 0 Å². The van der Waals surface area contributed by atoms with E-state index in [-0.39, 0.29) is 0 Å². The molecule has 1 heterocycles. The first-order valence-electron chi connectivity index (χ1n) is 19.6. The van der Waals surface area contributed by atoms with Crippen molar-refractivity contribution in [1.82, 2.24) is 10.2 Å². The van der Waals surface area contributed by atoms with Crippen LogP contribution in [0.25, 0.3) is 110 Å². The second kappa shape index (κ2) is 13.4. The van der Waals surface area contributed by atoms with Crippen molar-refractivity contribution >= 4 is 53.9 Å². The van der Waals surface area contributed by atoms with Gasteiger partial charge in [-0.15, -0.1) is 10.2 Å². The predicted octanol–water partition coefficient (Wildman–Crippen LogP) is 14.9. The van der Waals surface area contributed by atoms with E-state index in [1.54, 1.807) is 0 Å². The van der Waals surface area contributed by atoms with Gasteiger partial charge in [0.25, 0.3) is 0 Å². The van der Waals surface area contributed by atoms with E-state index in [2.05, 4.69) is 193 Å². The van der Waals surface area contributed by atoms with Gasteiger partial charge in [0.2, 0.25) is 0 Å². The number of aromatic nitrogens is 2. The summed E-state index contributed by atoms with van der Waals surface area (Å²) in [5.41, 5.74) is 12.5. The molecule has 0 amide bonds. The van der Waals surface area contributed by atoms with E-state index in [0.717, 1.165) is 22.5 Å². The molecular formula is C55H36N2. The molecule has 2 nitrogen and oxygen atoms in total. The first kappa shape index (κ1) is 33.0. The molecule has 0 unspecified atom stereocenters. The van der Waals surface area contributed by atoms with Crippen molar-refractivity contribution in [2.75, 3.05) is 0 Å².